The molecule has 1 amide bonds. The number of pyridine rings is 1. The van der Waals surface area contributed by atoms with Crippen molar-refractivity contribution < 1.29 is 4.79 Å². The van der Waals surface area contributed by atoms with E-state index in [4.69, 9.17) is 4.98 Å². The predicted molar refractivity (Wildman–Crippen MR) is 109 cm³/mol. The minimum absolute atomic E-state index is 0.100. The number of amides is 1. The molecule has 0 aliphatic carbocycles. The number of aromatic nitrogens is 3. The molecule has 1 aliphatic heterocycles. The van der Waals surface area contributed by atoms with Crippen molar-refractivity contribution in [1.82, 2.24) is 19.7 Å². The van der Waals surface area contributed by atoms with Crippen molar-refractivity contribution in [2.45, 2.75) is 58.5 Å². The van der Waals surface area contributed by atoms with E-state index in [1.807, 2.05) is 15.6 Å². The molecule has 5 nitrogen and oxygen atoms in total. The first-order valence-electron chi connectivity index (χ1n) is 9.70. The molecular weight excluding hydrogens is 356 g/mol. The first-order valence-corrected chi connectivity index (χ1v) is 10.6. The highest BCUT2D eigenvalue weighted by atomic mass is 32.1. The summed E-state index contributed by atoms with van der Waals surface area (Å²) in [5.74, 6) is 0.353. The Balaban J connectivity index is 1.81. The van der Waals surface area contributed by atoms with Gasteiger partial charge in [0, 0.05) is 23.2 Å². The van der Waals surface area contributed by atoms with Gasteiger partial charge >= 0.3 is 0 Å². The maximum absolute atomic E-state index is 13.6. The molecule has 0 N–H and O–H groups in total. The number of fused-ring (bicyclic) bond motifs is 1. The fourth-order valence-corrected chi connectivity index (χ4v) is 4.70. The number of thiophene rings is 1. The van der Waals surface area contributed by atoms with E-state index < -0.39 is 0 Å². The molecule has 1 saturated heterocycles. The summed E-state index contributed by atoms with van der Waals surface area (Å²) in [6, 6.07) is 6.56. The largest absolute Gasteiger partial charge is 0.331 e. The molecule has 3 aromatic rings. The van der Waals surface area contributed by atoms with Crippen LogP contribution in [0.5, 0.6) is 0 Å². The number of rotatable bonds is 4. The van der Waals surface area contributed by atoms with Gasteiger partial charge in [-0.1, -0.05) is 19.9 Å². The number of carbonyl (C=O) groups is 1. The standard InChI is InChI=1S/C21H26N4OS/c1-13(2)17-11-15(16-12-22-25(14(3)4)20(16)23-17)21(26)24-9-5-7-18(24)19-8-6-10-27-19/h6,8,10-14,18H,5,7,9H2,1-4H3. The molecular formula is C21H26N4OS. The molecule has 0 radical (unpaired) electrons. The molecule has 1 fully saturated rings. The van der Waals surface area contributed by atoms with Crippen molar-refractivity contribution in [2.75, 3.05) is 6.54 Å². The van der Waals surface area contributed by atoms with E-state index >= 15 is 0 Å². The van der Waals surface area contributed by atoms with Gasteiger partial charge in [0.2, 0.25) is 0 Å². The zero-order chi connectivity index (χ0) is 19.1. The third kappa shape index (κ3) is 3.16. The normalized spacial score (nSPS) is 17.6. The molecule has 0 saturated carbocycles. The molecule has 4 rings (SSSR count). The van der Waals surface area contributed by atoms with Gasteiger partial charge < -0.3 is 4.90 Å². The smallest absolute Gasteiger partial charge is 0.255 e. The first kappa shape index (κ1) is 18.2. The van der Waals surface area contributed by atoms with Crippen LogP contribution in [-0.4, -0.2) is 32.1 Å². The van der Waals surface area contributed by atoms with Crippen LogP contribution in [0.3, 0.4) is 0 Å². The van der Waals surface area contributed by atoms with E-state index in [2.05, 4.69) is 50.3 Å². The first-order chi connectivity index (χ1) is 13.0. The van der Waals surface area contributed by atoms with Gasteiger partial charge in [0.25, 0.3) is 5.91 Å². The molecule has 0 bridgehead atoms. The summed E-state index contributed by atoms with van der Waals surface area (Å²) in [4.78, 5) is 21.7. The number of hydrogen-bond acceptors (Lipinski definition) is 4. The summed E-state index contributed by atoms with van der Waals surface area (Å²) in [5.41, 5.74) is 2.49. The van der Waals surface area contributed by atoms with Crippen LogP contribution in [0.15, 0.2) is 29.8 Å². The molecule has 6 heteroatoms. The zero-order valence-electron chi connectivity index (χ0n) is 16.3. The molecule has 1 unspecified atom stereocenters. The van der Waals surface area contributed by atoms with Crippen LogP contribution >= 0.6 is 11.3 Å². The summed E-state index contributed by atoms with van der Waals surface area (Å²) >= 11 is 1.73. The molecule has 142 valence electrons. The van der Waals surface area contributed by atoms with Crippen molar-refractivity contribution in [2.24, 2.45) is 0 Å². The molecule has 0 spiro atoms. The molecule has 0 aromatic carbocycles. The van der Waals surface area contributed by atoms with Gasteiger partial charge in [0.1, 0.15) is 0 Å². The molecule has 27 heavy (non-hydrogen) atoms. The highest BCUT2D eigenvalue weighted by Gasteiger charge is 2.32. The van der Waals surface area contributed by atoms with Crippen molar-refractivity contribution >= 4 is 28.3 Å². The number of carbonyl (C=O) groups excluding carboxylic acids is 1. The van der Waals surface area contributed by atoms with Gasteiger partial charge in [0.15, 0.2) is 5.65 Å². The van der Waals surface area contributed by atoms with Crippen molar-refractivity contribution in [3.8, 4) is 0 Å². The Morgan fingerprint density at radius 1 is 1.30 bits per heavy atom. The van der Waals surface area contributed by atoms with E-state index in [9.17, 15) is 4.79 Å². The summed E-state index contributed by atoms with van der Waals surface area (Å²) in [5, 5.41) is 7.46. The number of hydrogen-bond donors (Lipinski definition) is 0. The summed E-state index contributed by atoms with van der Waals surface area (Å²) in [6.45, 7) is 9.21. The van der Waals surface area contributed by atoms with Crippen molar-refractivity contribution in [1.29, 1.82) is 0 Å². The molecule has 1 atom stereocenters. The third-order valence-electron chi connectivity index (χ3n) is 5.28. The van der Waals surface area contributed by atoms with E-state index in [-0.39, 0.29) is 23.9 Å². The topological polar surface area (TPSA) is 51.0 Å². The summed E-state index contributed by atoms with van der Waals surface area (Å²) in [6.07, 6.45) is 3.88. The fraction of sp³-hybridized carbons (Fsp3) is 0.476. The molecule has 1 aliphatic rings. The average Bonchev–Trinajstić information content (AvgIpc) is 3.38. The van der Waals surface area contributed by atoms with E-state index in [0.717, 1.165) is 41.7 Å². The van der Waals surface area contributed by atoms with Crippen LogP contribution in [0.1, 0.15) is 79.5 Å². The second-order valence-electron chi connectivity index (χ2n) is 7.84. The SMILES string of the molecule is CC(C)c1cc(C(=O)N2CCCC2c2cccs2)c2cnn(C(C)C)c2n1. The monoisotopic (exact) mass is 382 g/mol. The van der Waals surface area contributed by atoms with Crippen LogP contribution < -0.4 is 0 Å². The van der Waals surface area contributed by atoms with E-state index in [1.54, 1.807) is 17.5 Å². The number of likely N-dealkylation sites (tertiary alicyclic amines) is 1. The van der Waals surface area contributed by atoms with Gasteiger partial charge in [-0.05, 0) is 50.1 Å². The minimum Gasteiger partial charge on any atom is -0.331 e. The zero-order valence-corrected chi connectivity index (χ0v) is 17.2. The maximum Gasteiger partial charge on any atom is 0.255 e. The average molecular weight is 383 g/mol. The Labute approximate surface area is 164 Å². The molecule has 3 aromatic heterocycles. The van der Waals surface area contributed by atoms with Crippen LogP contribution in [0.25, 0.3) is 11.0 Å². The van der Waals surface area contributed by atoms with Crippen LogP contribution in [0, 0.1) is 0 Å². The van der Waals surface area contributed by atoms with Gasteiger partial charge in [-0.15, -0.1) is 11.3 Å². The Bertz CT molecular complexity index is 958. The Kier molecular flexibility index (Phi) is 4.76. The second-order valence-corrected chi connectivity index (χ2v) is 8.82. The van der Waals surface area contributed by atoms with Gasteiger partial charge in [0.05, 0.1) is 23.2 Å². The third-order valence-corrected chi connectivity index (χ3v) is 6.26. The second kappa shape index (κ2) is 7.08. The lowest BCUT2D eigenvalue weighted by Crippen LogP contribution is -2.30. The summed E-state index contributed by atoms with van der Waals surface area (Å²) < 4.78 is 1.92. The van der Waals surface area contributed by atoms with Crippen LogP contribution in [0.2, 0.25) is 0 Å². The van der Waals surface area contributed by atoms with Crippen LogP contribution in [0.4, 0.5) is 0 Å². The Hall–Kier alpha value is -2.21. The number of nitrogens with zero attached hydrogens (tertiary/aromatic N) is 4. The lowest BCUT2D eigenvalue weighted by atomic mass is 10.0. The van der Waals surface area contributed by atoms with Crippen LogP contribution in [-0.2, 0) is 0 Å². The summed E-state index contributed by atoms with van der Waals surface area (Å²) in [7, 11) is 0. The Morgan fingerprint density at radius 3 is 2.78 bits per heavy atom. The Morgan fingerprint density at radius 2 is 2.11 bits per heavy atom. The molecule has 4 heterocycles. The van der Waals surface area contributed by atoms with Crippen molar-refractivity contribution in [3.63, 3.8) is 0 Å². The van der Waals surface area contributed by atoms with E-state index in [1.165, 1.54) is 4.88 Å². The van der Waals surface area contributed by atoms with Gasteiger partial charge in [-0.2, -0.15) is 5.10 Å². The lowest BCUT2D eigenvalue weighted by molar-refractivity contribution is 0.0739. The highest BCUT2D eigenvalue weighted by Crippen LogP contribution is 2.36. The van der Waals surface area contributed by atoms with Crippen molar-refractivity contribution in [3.05, 3.63) is 45.9 Å². The fourth-order valence-electron chi connectivity index (χ4n) is 3.83. The highest BCUT2D eigenvalue weighted by molar-refractivity contribution is 7.10. The maximum atomic E-state index is 13.6. The van der Waals surface area contributed by atoms with Gasteiger partial charge in [-0.25, -0.2) is 9.67 Å². The lowest BCUT2D eigenvalue weighted by Gasteiger charge is -2.24. The van der Waals surface area contributed by atoms with Gasteiger partial charge in [-0.3, -0.25) is 4.79 Å². The van der Waals surface area contributed by atoms with E-state index in [0.29, 0.717) is 0 Å². The minimum atomic E-state index is 0.100. The predicted octanol–water partition coefficient (Wildman–Crippen LogP) is 5.17. The quantitative estimate of drug-likeness (QED) is 0.625.